The van der Waals surface area contributed by atoms with E-state index in [-0.39, 0.29) is 12.3 Å². The number of Topliss-reactive ketones (excluding diaryl/α,β-unsaturated/α-hetero) is 1. The minimum absolute atomic E-state index is 0.154. The molecule has 0 spiro atoms. The number of hydrogen-bond acceptors (Lipinski definition) is 4. The van der Waals surface area contributed by atoms with E-state index in [1.807, 2.05) is 0 Å². The summed E-state index contributed by atoms with van der Waals surface area (Å²) in [5, 5.41) is 0. The van der Waals surface area contributed by atoms with Crippen molar-refractivity contribution in [2.24, 2.45) is 7.05 Å². The first-order valence-corrected chi connectivity index (χ1v) is 6.89. The number of rotatable bonds is 0. The van der Waals surface area contributed by atoms with Gasteiger partial charge in [0.2, 0.25) is 6.23 Å². The Labute approximate surface area is 124 Å². The number of benzene rings is 1. The highest BCUT2D eigenvalue weighted by molar-refractivity contribution is 6.12. The number of fused-ring (bicyclic) bond motifs is 4. The van der Waals surface area contributed by atoms with Crippen LogP contribution in [0.4, 0.5) is 0 Å². The number of ketones is 1. The van der Waals surface area contributed by atoms with Gasteiger partial charge in [0.25, 0.3) is 0 Å². The van der Waals surface area contributed by atoms with Gasteiger partial charge < -0.3 is 4.74 Å². The van der Waals surface area contributed by atoms with Crippen LogP contribution in [0.5, 0.6) is 5.75 Å². The Kier molecular flexibility index (Phi) is 2.40. The summed E-state index contributed by atoms with van der Waals surface area (Å²) in [6.07, 6.45) is -0.891. The monoisotopic (exact) mass is 299 g/mol. The van der Waals surface area contributed by atoms with Crippen molar-refractivity contribution in [2.45, 2.75) is 19.7 Å². The normalized spacial score (nSPS) is 19.4. The largest absolute Gasteiger partial charge is 0.463 e. The van der Waals surface area contributed by atoms with Gasteiger partial charge in [-0.05, 0) is 24.6 Å². The average Bonchev–Trinajstić information content (AvgIpc) is 2.72. The molecule has 0 bridgehead atoms. The summed E-state index contributed by atoms with van der Waals surface area (Å²) in [5.41, 5.74) is 0.738. The van der Waals surface area contributed by atoms with Crippen molar-refractivity contribution >= 4 is 5.78 Å². The number of carbonyl (C=O) groups excluding carboxylic acids is 1. The number of carbonyl (C=O) groups is 1. The highest BCUT2D eigenvalue weighted by atomic mass is 16.5. The third-order valence-corrected chi connectivity index (χ3v) is 4.18. The molecule has 1 atom stereocenters. The van der Waals surface area contributed by atoms with Gasteiger partial charge in [-0.3, -0.25) is 4.79 Å². The molecule has 112 valence electrons. The minimum Gasteiger partial charge on any atom is -0.463 e. The summed E-state index contributed by atoms with van der Waals surface area (Å²) in [6, 6.07) is 6.91. The fourth-order valence-corrected chi connectivity index (χ4v) is 3.05. The van der Waals surface area contributed by atoms with Crippen LogP contribution in [-0.4, -0.2) is 19.7 Å². The summed E-state index contributed by atoms with van der Waals surface area (Å²) in [6.45, 7) is 1.99. The van der Waals surface area contributed by atoms with E-state index in [4.69, 9.17) is 4.74 Å². The Morgan fingerprint density at radius 2 is 1.86 bits per heavy atom. The van der Waals surface area contributed by atoms with E-state index >= 15 is 0 Å². The first kappa shape index (κ1) is 12.9. The van der Waals surface area contributed by atoms with E-state index in [0.29, 0.717) is 16.9 Å². The molecule has 0 N–H and O–H groups in total. The third-order valence-electron chi connectivity index (χ3n) is 4.18. The van der Waals surface area contributed by atoms with Crippen LogP contribution in [-0.2, 0) is 13.6 Å². The SMILES string of the molecule is CC1=C2C(=O)c3ccccc3OC2n2c(=O)n(C)c(=O)n2C1. The van der Waals surface area contributed by atoms with Crippen molar-refractivity contribution in [2.75, 3.05) is 0 Å². The van der Waals surface area contributed by atoms with Crippen LogP contribution in [0.1, 0.15) is 23.5 Å². The second kappa shape index (κ2) is 4.09. The molecule has 0 saturated heterocycles. The molecule has 1 aromatic carbocycles. The van der Waals surface area contributed by atoms with Crippen LogP contribution in [0.2, 0.25) is 0 Å². The minimum atomic E-state index is -0.891. The van der Waals surface area contributed by atoms with E-state index in [2.05, 4.69) is 0 Å². The predicted molar refractivity (Wildman–Crippen MR) is 77.1 cm³/mol. The van der Waals surface area contributed by atoms with E-state index < -0.39 is 17.6 Å². The first-order valence-electron chi connectivity index (χ1n) is 6.89. The summed E-state index contributed by atoms with van der Waals surface area (Å²) in [7, 11) is 1.41. The molecule has 2 aliphatic heterocycles. The zero-order valence-electron chi connectivity index (χ0n) is 12.1. The number of hydrogen-bond donors (Lipinski definition) is 0. The van der Waals surface area contributed by atoms with Crippen LogP contribution in [0, 0.1) is 0 Å². The van der Waals surface area contributed by atoms with Crippen LogP contribution < -0.4 is 16.1 Å². The van der Waals surface area contributed by atoms with Crippen molar-refractivity contribution in [3.05, 3.63) is 61.9 Å². The molecular weight excluding hydrogens is 286 g/mol. The van der Waals surface area contributed by atoms with Crippen molar-refractivity contribution in [1.82, 2.24) is 13.9 Å². The summed E-state index contributed by atoms with van der Waals surface area (Å²) in [5.74, 6) is 0.268. The molecule has 3 heterocycles. The third kappa shape index (κ3) is 1.42. The molecule has 0 fully saturated rings. The van der Waals surface area contributed by atoms with Gasteiger partial charge in [0, 0.05) is 7.05 Å². The number of para-hydroxylation sites is 1. The zero-order valence-corrected chi connectivity index (χ0v) is 12.1. The van der Waals surface area contributed by atoms with Gasteiger partial charge in [0.1, 0.15) is 5.75 Å². The lowest BCUT2D eigenvalue weighted by Gasteiger charge is -2.33. The lowest BCUT2D eigenvalue weighted by atomic mass is 9.93. The highest BCUT2D eigenvalue weighted by Crippen LogP contribution is 2.38. The topological polar surface area (TPSA) is 75.2 Å². The van der Waals surface area contributed by atoms with Gasteiger partial charge in [-0.15, -0.1) is 0 Å². The Bertz CT molecular complexity index is 973. The molecule has 0 amide bonds. The Morgan fingerprint density at radius 3 is 2.64 bits per heavy atom. The van der Waals surface area contributed by atoms with E-state index in [1.54, 1.807) is 31.2 Å². The fourth-order valence-electron chi connectivity index (χ4n) is 3.05. The molecule has 2 aliphatic rings. The lowest BCUT2D eigenvalue weighted by molar-refractivity contribution is 0.0787. The second-order valence-corrected chi connectivity index (χ2v) is 5.52. The zero-order chi connectivity index (χ0) is 15.6. The molecule has 7 nitrogen and oxygen atoms in total. The van der Waals surface area contributed by atoms with Crippen molar-refractivity contribution in [3.63, 3.8) is 0 Å². The van der Waals surface area contributed by atoms with Gasteiger partial charge in [0.15, 0.2) is 5.78 Å². The van der Waals surface area contributed by atoms with Crippen LogP contribution in [0.15, 0.2) is 45.0 Å². The van der Waals surface area contributed by atoms with E-state index in [9.17, 15) is 14.4 Å². The Balaban J connectivity index is 2.02. The lowest BCUT2D eigenvalue weighted by Crippen LogP contribution is -2.42. The van der Waals surface area contributed by atoms with E-state index in [0.717, 1.165) is 10.1 Å². The van der Waals surface area contributed by atoms with Gasteiger partial charge in [-0.2, -0.15) is 4.68 Å². The number of allylic oxidation sites excluding steroid dienone is 1. The maximum Gasteiger partial charge on any atom is 0.350 e. The molecule has 0 aliphatic carbocycles. The van der Waals surface area contributed by atoms with Gasteiger partial charge in [-0.1, -0.05) is 12.1 Å². The molecular formula is C15H13N3O4. The molecule has 4 rings (SSSR count). The van der Waals surface area contributed by atoms with Crippen molar-refractivity contribution < 1.29 is 9.53 Å². The number of aromatic nitrogens is 3. The quantitative estimate of drug-likeness (QED) is 0.708. The molecule has 0 saturated carbocycles. The molecule has 1 aromatic heterocycles. The standard InChI is InChI=1S/C15H13N3O4/c1-8-7-17-14(20)16(2)15(21)18(17)13-11(8)12(19)9-5-3-4-6-10(9)22-13/h3-6,13H,7H2,1-2H3. The van der Waals surface area contributed by atoms with E-state index in [1.165, 1.54) is 16.4 Å². The molecule has 22 heavy (non-hydrogen) atoms. The maximum atomic E-state index is 12.7. The number of nitrogens with zero attached hydrogens (tertiary/aromatic N) is 3. The molecule has 1 unspecified atom stereocenters. The predicted octanol–water partition coefficient (Wildman–Crippen LogP) is 0.452. The fraction of sp³-hybridized carbons (Fsp3) is 0.267. The van der Waals surface area contributed by atoms with Crippen LogP contribution >= 0.6 is 0 Å². The summed E-state index contributed by atoms with van der Waals surface area (Å²) >= 11 is 0. The molecule has 0 radical (unpaired) electrons. The Morgan fingerprint density at radius 1 is 1.14 bits per heavy atom. The summed E-state index contributed by atoms with van der Waals surface area (Å²) < 4.78 is 9.42. The second-order valence-electron chi connectivity index (χ2n) is 5.52. The van der Waals surface area contributed by atoms with Crippen molar-refractivity contribution in [3.8, 4) is 5.75 Å². The van der Waals surface area contributed by atoms with Crippen LogP contribution in [0.25, 0.3) is 0 Å². The first-order chi connectivity index (χ1) is 10.5. The van der Waals surface area contributed by atoms with Crippen LogP contribution in [0.3, 0.4) is 0 Å². The smallest absolute Gasteiger partial charge is 0.350 e. The van der Waals surface area contributed by atoms with Gasteiger partial charge in [0.05, 0.1) is 17.7 Å². The Hall–Kier alpha value is -2.83. The van der Waals surface area contributed by atoms with Crippen molar-refractivity contribution in [1.29, 1.82) is 0 Å². The molecule has 2 aromatic rings. The number of ether oxygens (including phenoxy) is 1. The van der Waals surface area contributed by atoms with Gasteiger partial charge >= 0.3 is 11.4 Å². The maximum absolute atomic E-state index is 12.7. The summed E-state index contributed by atoms with van der Waals surface area (Å²) in [4.78, 5) is 37.2. The van der Waals surface area contributed by atoms with Gasteiger partial charge in [-0.25, -0.2) is 18.8 Å². The average molecular weight is 299 g/mol. The highest BCUT2D eigenvalue weighted by Gasteiger charge is 2.40. The molecule has 7 heteroatoms.